The van der Waals surface area contributed by atoms with Gasteiger partial charge in [0.2, 0.25) is 0 Å². The maximum atomic E-state index is 11.3. The van der Waals surface area contributed by atoms with Crippen LogP contribution in [-0.4, -0.2) is 32.8 Å². The minimum Gasteiger partial charge on any atom is -0.468 e. The summed E-state index contributed by atoms with van der Waals surface area (Å²) in [6.45, 7) is -0.257. The summed E-state index contributed by atoms with van der Waals surface area (Å²) in [4.78, 5) is 25.9. The van der Waals surface area contributed by atoms with Crippen LogP contribution in [0.1, 0.15) is 0 Å². The molecule has 1 heterocycles. The summed E-state index contributed by atoms with van der Waals surface area (Å²) >= 11 is 6.92. The highest BCUT2D eigenvalue weighted by molar-refractivity contribution is 7.99. The number of benzene rings is 1. The summed E-state index contributed by atoms with van der Waals surface area (Å²) in [7, 11) is 1.22. The molecule has 0 saturated carbocycles. The lowest BCUT2D eigenvalue weighted by atomic mass is 10.4. The molecule has 0 radical (unpaired) electrons. The van der Waals surface area contributed by atoms with Gasteiger partial charge in [-0.3, -0.25) is 4.79 Å². The van der Waals surface area contributed by atoms with Gasteiger partial charge in [-0.25, -0.2) is 0 Å². The Balaban J connectivity index is 2.29. The van der Waals surface area contributed by atoms with E-state index >= 15 is 0 Å². The van der Waals surface area contributed by atoms with Crippen molar-refractivity contribution in [2.45, 2.75) is 16.6 Å². The second kappa shape index (κ2) is 6.55. The third-order valence-electron chi connectivity index (χ3n) is 2.32. The molecule has 0 aliphatic heterocycles. The van der Waals surface area contributed by atoms with Crippen molar-refractivity contribution < 1.29 is 14.5 Å². The Labute approximate surface area is 128 Å². The van der Waals surface area contributed by atoms with Gasteiger partial charge in [0.1, 0.15) is 0 Å². The summed E-state index contributed by atoms with van der Waals surface area (Å²) in [6, 6.07) is 6.82. The van der Waals surface area contributed by atoms with E-state index in [4.69, 9.17) is 11.6 Å². The topological polar surface area (TPSA) is 100 Å². The van der Waals surface area contributed by atoms with E-state index in [9.17, 15) is 14.9 Å². The second-order valence-electron chi connectivity index (χ2n) is 3.74. The number of nitro groups is 1. The molecule has 21 heavy (non-hydrogen) atoms. The first-order chi connectivity index (χ1) is 9.99. The summed E-state index contributed by atoms with van der Waals surface area (Å²) in [5.41, 5.74) is 0. The van der Waals surface area contributed by atoms with E-state index in [-0.39, 0.29) is 11.7 Å². The number of carbonyl (C=O) groups is 1. The first-order valence-electron chi connectivity index (χ1n) is 5.59. The SMILES string of the molecule is COC(=O)Cn1nc([N+](=O)[O-])nc1Sc1ccc(Cl)cc1. The molecule has 2 rings (SSSR count). The number of aromatic nitrogens is 3. The van der Waals surface area contributed by atoms with E-state index < -0.39 is 16.8 Å². The number of carbonyl (C=O) groups excluding carboxylic acids is 1. The van der Waals surface area contributed by atoms with Crippen molar-refractivity contribution in [3.8, 4) is 0 Å². The van der Waals surface area contributed by atoms with E-state index in [1.54, 1.807) is 24.3 Å². The Morgan fingerprint density at radius 3 is 2.71 bits per heavy atom. The second-order valence-corrected chi connectivity index (χ2v) is 5.22. The molecule has 0 aliphatic carbocycles. The van der Waals surface area contributed by atoms with Gasteiger partial charge in [0.25, 0.3) is 5.16 Å². The fourth-order valence-corrected chi connectivity index (χ4v) is 2.31. The van der Waals surface area contributed by atoms with Crippen molar-refractivity contribution in [1.82, 2.24) is 14.8 Å². The normalized spacial score (nSPS) is 10.4. The van der Waals surface area contributed by atoms with Crippen LogP contribution in [0.5, 0.6) is 0 Å². The van der Waals surface area contributed by atoms with Crippen LogP contribution in [0.15, 0.2) is 34.3 Å². The predicted octanol–water partition coefficient (Wildman–Crippen LogP) is 2.16. The van der Waals surface area contributed by atoms with Crippen LogP contribution in [0.25, 0.3) is 0 Å². The molecule has 2 aromatic rings. The lowest BCUT2D eigenvalue weighted by Gasteiger charge is -2.00. The zero-order valence-electron chi connectivity index (χ0n) is 10.7. The Hall–Kier alpha value is -2.13. The third-order valence-corrected chi connectivity index (χ3v) is 3.56. The Kier molecular flexibility index (Phi) is 4.76. The highest BCUT2D eigenvalue weighted by Gasteiger charge is 2.24. The van der Waals surface area contributed by atoms with Gasteiger partial charge < -0.3 is 14.9 Å². The summed E-state index contributed by atoms with van der Waals surface area (Å²) in [6.07, 6.45) is 0. The first-order valence-corrected chi connectivity index (χ1v) is 6.78. The highest BCUT2D eigenvalue weighted by atomic mass is 35.5. The van der Waals surface area contributed by atoms with Crippen LogP contribution in [0.3, 0.4) is 0 Å². The molecule has 0 atom stereocenters. The molecule has 0 N–H and O–H groups in total. The molecule has 0 saturated heterocycles. The fraction of sp³-hybridized carbons (Fsp3) is 0.182. The minimum atomic E-state index is -0.723. The molecule has 110 valence electrons. The van der Waals surface area contributed by atoms with Gasteiger partial charge in [-0.1, -0.05) is 11.6 Å². The van der Waals surface area contributed by atoms with E-state index in [1.807, 2.05) is 0 Å². The number of halogens is 1. The Morgan fingerprint density at radius 2 is 2.14 bits per heavy atom. The van der Waals surface area contributed by atoms with Gasteiger partial charge in [0.15, 0.2) is 6.54 Å². The van der Waals surface area contributed by atoms with Crippen molar-refractivity contribution >= 4 is 35.3 Å². The molecule has 0 amide bonds. The number of methoxy groups -OCH3 is 1. The van der Waals surface area contributed by atoms with Crippen molar-refractivity contribution in [1.29, 1.82) is 0 Å². The summed E-state index contributed by atoms with van der Waals surface area (Å²) < 4.78 is 5.65. The minimum absolute atomic E-state index is 0.217. The molecule has 0 unspecified atom stereocenters. The maximum Gasteiger partial charge on any atom is 0.492 e. The average Bonchev–Trinajstić information content (AvgIpc) is 2.84. The molecule has 1 aromatic carbocycles. The smallest absolute Gasteiger partial charge is 0.468 e. The summed E-state index contributed by atoms with van der Waals surface area (Å²) in [5.74, 6) is -1.15. The maximum absolute atomic E-state index is 11.3. The lowest BCUT2D eigenvalue weighted by Crippen LogP contribution is -2.13. The van der Waals surface area contributed by atoms with Crippen molar-refractivity contribution in [3.63, 3.8) is 0 Å². The zero-order chi connectivity index (χ0) is 15.4. The zero-order valence-corrected chi connectivity index (χ0v) is 12.3. The third kappa shape index (κ3) is 3.92. The van der Waals surface area contributed by atoms with Gasteiger partial charge >= 0.3 is 11.9 Å². The molecule has 0 fully saturated rings. The van der Waals surface area contributed by atoms with Crippen LogP contribution >= 0.6 is 23.4 Å². The number of ether oxygens (including phenoxy) is 1. The van der Waals surface area contributed by atoms with Crippen molar-refractivity contribution in [2.75, 3.05) is 7.11 Å². The molecular weight excluding hydrogens is 320 g/mol. The van der Waals surface area contributed by atoms with Crippen LogP contribution in [0.2, 0.25) is 5.02 Å². The predicted molar refractivity (Wildman–Crippen MR) is 74.3 cm³/mol. The number of nitrogens with zero attached hydrogens (tertiary/aromatic N) is 4. The standard InChI is InChI=1S/C11H9ClN4O4S/c1-20-9(17)6-15-11(13-10(14-15)16(18)19)21-8-4-2-7(12)3-5-8/h2-5H,6H2,1H3. The molecule has 0 aliphatic rings. The molecular formula is C11H9ClN4O4S. The quantitative estimate of drug-likeness (QED) is 0.471. The van der Waals surface area contributed by atoms with Crippen molar-refractivity contribution in [3.05, 3.63) is 39.4 Å². The van der Waals surface area contributed by atoms with Crippen LogP contribution < -0.4 is 0 Å². The number of esters is 1. The van der Waals surface area contributed by atoms with E-state index in [0.29, 0.717) is 5.02 Å². The first kappa shape index (κ1) is 15.3. The largest absolute Gasteiger partial charge is 0.492 e. The fourth-order valence-electron chi connectivity index (χ4n) is 1.37. The Morgan fingerprint density at radius 1 is 1.48 bits per heavy atom. The monoisotopic (exact) mass is 328 g/mol. The molecule has 0 bridgehead atoms. The van der Waals surface area contributed by atoms with Gasteiger partial charge in [0, 0.05) is 15.0 Å². The average molecular weight is 329 g/mol. The van der Waals surface area contributed by atoms with Crippen LogP contribution in [-0.2, 0) is 16.1 Å². The number of hydrogen-bond acceptors (Lipinski definition) is 7. The summed E-state index contributed by atoms with van der Waals surface area (Å²) in [5, 5.41) is 15.2. The Bertz CT molecular complexity index is 673. The molecule has 10 heteroatoms. The van der Waals surface area contributed by atoms with E-state index in [1.165, 1.54) is 7.11 Å². The van der Waals surface area contributed by atoms with Gasteiger partial charge in [-0.05, 0) is 45.9 Å². The highest BCUT2D eigenvalue weighted by Crippen LogP contribution is 2.28. The van der Waals surface area contributed by atoms with Gasteiger partial charge in [0.05, 0.1) is 7.11 Å². The van der Waals surface area contributed by atoms with Gasteiger partial charge in [-0.2, -0.15) is 0 Å². The van der Waals surface area contributed by atoms with Crippen LogP contribution in [0.4, 0.5) is 5.95 Å². The van der Waals surface area contributed by atoms with Crippen molar-refractivity contribution in [2.24, 2.45) is 0 Å². The number of hydrogen-bond donors (Lipinski definition) is 0. The van der Waals surface area contributed by atoms with E-state index in [0.717, 1.165) is 21.3 Å². The van der Waals surface area contributed by atoms with Crippen LogP contribution in [0, 0.1) is 10.1 Å². The molecule has 8 nitrogen and oxygen atoms in total. The molecule has 0 spiro atoms. The number of rotatable bonds is 5. The lowest BCUT2D eigenvalue weighted by molar-refractivity contribution is -0.394. The van der Waals surface area contributed by atoms with Gasteiger partial charge in [-0.15, -0.1) is 4.68 Å². The molecule has 1 aromatic heterocycles. The van der Waals surface area contributed by atoms with E-state index in [2.05, 4.69) is 14.8 Å².